The van der Waals surface area contributed by atoms with Crippen LogP contribution in [0.2, 0.25) is 0 Å². The molecule has 1 aromatic rings. The zero-order chi connectivity index (χ0) is 12.6. The molecule has 1 heterocycles. The van der Waals surface area contributed by atoms with Crippen LogP contribution in [0.25, 0.3) is 0 Å². The molecule has 2 nitrogen and oxygen atoms in total. The normalized spacial score (nSPS) is 24.2. The van der Waals surface area contributed by atoms with Gasteiger partial charge < -0.3 is 5.73 Å². The van der Waals surface area contributed by atoms with Crippen LogP contribution in [0.3, 0.4) is 0 Å². The molecule has 0 bridgehead atoms. The fraction of sp³-hybridized carbons (Fsp3) is 0.600. The van der Waals surface area contributed by atoms with E-state index in [1.54, 1.807) is 0 Å². The van der Waals surface area contributed by atoms with Crippen LogP contribution in [-0.2, 0) is 6.54 Å². The Morgan fingerprint density at radius 3 is 2.65 bits per heavy atom. The van der Waals surface area contributed by atoms with Crippen molar-refractivity contribution in [3.8, 4) is 0 Å². The van der Waals surface area contributed by atoms with Gasteiger partial charge in [-0.2, -0.15) is 0 Å². The molecule has 0 radical (unpaired) electrons. The van der Waals surface area contributed by atoms with E-state index in [4.69, 9.17) is 5.73 Å². The summed E-state index contributed by atoms with van der Waals surface area (Å²) in [5.74, 6) is 0. The summed E-state index contributed by atoms with van der Waals surface area (Å²) in [6.45, 7) is 11.0. The molecule has 0 amide bonds. The zero-order valence-corrected chi connectivity index (χ0v) is 11.5. The predicted octanol–water partition coefficient (Wildman–Crippen LogP) is 2.62. The molecule has 94 valence electrons. The number of nitrogens with zero attached hydrogens (tertiary/aromatic N) is 1. The van der Waals surface area contributed by atoms with Gasteiger partial charge in [0.05, 0.1) is 0 Å². The van der Waals surface area contributed by atoms with Crippen LogP contribution in [0.15, 0.2) is 18.2 Å². The highest BCUT2D eigenvalue weighted by Gasteiger charge is 2.38. The van der Waals surface area contributed by atoms with Crippen LogP contribution in [0, 0.1) is 13.8 Å². The van der Waals surface area contributed by atoms with E-state index in [2.05, 4.69) is 50.8 Å². The average molecular weight is 232 g/mol. The molecule has 1 fully saturated rings. The van der Waals surface area contributed by atoms with Gasteiger partial charge >= 0.3 is 0 Å². The van der Waals surface area contributed by atoms with E-state index in [-0.39, 0.29) is 5.54 Å². The van der Waals surface area contributed by atoms with Gasteiger partial charge in [-0.3, -0.25) is 4.90 Å². The highest BCUT2D eigenvalue weighted by atomic mass is 15.2. The van der Waals surface area contributed by atoms with Gasteiger partial charge in [-0.05, 0) is 45.2 Å². The van der Waals surface area contributed by atoms with Gasteiger partial charge in [-0.25, -0.2) is 0 Å². The second kappa shape index (κ2) is 4.43. The van der Waals surface area contributed by atoms with E-state index in [0.717, 1.165) is 19.5 Å². The Bertz CT molecular complexity index is 409. The number of nitrogens with two attached hydrogens (primary N) is 1. The van der Waals surface area contributed by atoms with Crippen molar-refractivity contribution in [1.29, 1.82) is 0 Å². The van der Waals surface area contributed by atoms with Gasteiger partial charge in [-0.1, -0.05) is 23.8 Å². The summed E-state index contributed by atoms with van der Waals surface area (Å²) in [5, 5.41) is 0. The van der Waals surface area contributed by atoms with Crippen molar-refractivity contribution < 1.29 is 0 Å². The smallest absolute Gasteiger partial charge is 0.0308 e. The lowest BCUT2D eigenvalue weighted by Gasteiger charge is -2.35. The number of likely N-dealkylation sites (tertiary alicyclic amines) is 1. The molecule has 1 aliphatic rings. The minimum absolute atomic E-state index is 0.121. The van der Waals surface area contributed by atoms with Gasteiger partial charge in [0.1, 0.15) is 0 Å². The first kappa shape index (κ1) is 12.6. The standard InChI is InChI=1S/C15H24N2/c1-11-5-6-12(2)13(9-11)10-17-8-7-14(16)15(17,3)4/h5-6,9,14H,7-8,10,16H2,1-4H3. The van der Waals surface area contributed by atoms with Crippen molar-refractivity contribution in [3.05, 3.63) is 34.9 Å². The Hall–Kier alpha value is -0.860. The van der Waals surface area contributed by atoms with E-state index in [1.807, 2.05) is 0 Å². The number of hydrogen-bond acceptors (Lipinski definition) is 2. The summed E-state index contributed by atoms with van der Waals surface area (Å²) >= 11 is 0. The van der Waals surface area contributed by atoms with Crippen LogP contribution < -0.4 is 5.73 Å². The Kier molecular flexibility index (Phi) is 3.28. The number of aryl methyl sites for hydroxylation is 2. The first-order valence-electron chi connectivity index (χ1n) is 6.48. The summed E-state index contributed by atoms with van der Waals surface area (Å²) in [7, 11) is 0. The monoisotopic (exact) mass is 232 g/mol. The molecule has 1 atom stereocenters. The zero-order valence-electron chi connectivity index (χ0n) is 11.5. The summed E-state index contributed by atoms with van der Waals surface area (Å²) in [5.41, 5.74) is 10.5. The molecule has 1 saturated heterocycles. The van der Waals surface area contributed by atoms with Crippen molar-refractivity contribution in [1.82, 2.24) is 4.90 Å². The third-order valence-corrected chi connectivity index (χ3v) is 4.30. The van der Waals surface area contributed by atoms with Crippen molar-refractivity contribution in [2.45, 2.75) is 52.2 Å². The van der Waals surface area contributed by atoms with Crippen molar-refractivity contribution in [2.24, 2.45) is 5.73 Å². The van der Waals surface area contributed by atoms with E-state index >= 15 is 0 Å². The van der Waals surface area contributed by atoms with Crippen LogP contribution in [0.4, 0.5) is 0 Å². The maximum absolute atomic E-state index is 6.18. The van der Waals surface area contributed by atoms with Gasteiger partial charge in [0.15, 0.2) is 0 Å². The van der Waals surface area contributed by atoms with Gasteiger partial charge in [0.25, 0.3) is 0 Å². The lowest BCUT2D eigenvalue weighted by Crippen LogP contribution is -2.48. The lowest BCUT2D eigenvalue weighted by atomic mass is 9.96. The number of rotatable bonds is 2. The fourth-order valence-corrected chi connectivity index (χ4v) is 2.63. The molecule has 0 aromatic heterocycles. The summed E-state index contributed by atoms with van der Waals surface area (Å²) in [6.07, 6.45) is 1.11. The first-order valence-corrected chi connectivity index (χ1v) is 6.48. The Balaban J connectivity index is 2.19. The maximum atomic E-state index is 6.18. The maximum Gasteiger partial charge on any atom is 0.0308 e. The molecule has 0 aliphatic carbocycles. The van der Waals surface area contributed by atoms with Crippen LogP contribution in [0.1, 0.15) is 37.0 Å². The Labute approximate surface area is 105 Å². The molecule has 2 rings (SSSR count). The molecule has 2 N–H and O–H groups in total. The number of hydrogen-bond donors (Lipinski definition) is 1. The SMILES string of the molecule is Cc1ccc(C)c(CN2CCC(N)C2(C)C)c1. The van der Waals surface area contributed by atoms with Crippen LogP contribution in [0.5, 0.6) is 0 Å². The quantitative estimate of drug-likeness (QED) is 0.849. The average Bonchev–Trinajstić information content (AvgIpc) is 2.50. The van der Waals surface area contributed by atoms with Crippen molar-refractivity contribution >= 4 is 0 Å². The third-order valence-electron chi connectivity index (χ3n) is 4.30. The summed E-state index contributed by atoms with van der Waals surface area (Å²) in [6, 6.07) is 7.00. The molecule has 0 saturated carbocycles. The van der Waals surface area contributed by atoms with Crippen molar-refractivity contribution in [2.75, 3.05) is 6.54 Å². The summed E-state index contributed by atoms with van der Waals surface area (Å²) < 4.78 is 0. The van der Waals surface area contributed by atoms with Gasteiger partial charge in [0, 0.05) is 24.7 Å². The summed E-state index contributed by atoms with van der Waals surface area (Å²) in [4.78, 5) is 2.51. The Morgan fingerprint density at radius 1 is 1.35 bits per heavy atom. The highest BCUT2D eigenvalue weighted by molar-refractivity contribution is 5.30. The lowest BCUT2D eigenvalue weighted by molar-refractivity contribution is 0.154. The molecule has 2 heteroatoms. The topological polar surface area (TPSA) is 29.3 Å². The number of benzene rings is 1. The first-order chi connectivity index (χ1) is 7.91. The van der Waals surface area contributed by atoms with Crippen LogP contribution in [-0.4, -0.2) is 23.0 Å². The Morgan fingerprint density at radius 2 is 2.06 bits per heavy atom. The van der Waals surface area contributed by atoms with E-state index < -0.39 is 0 Å². The third kappa shape index (κ3) is 2.38. The van der Waals surface area contributed by atoms with Gasteiger partial charge in [0.2, 0.25) is 0 Å². The molecule has 1 unspecified atom stereocenters. The minimum atomic E-state index is 0.121. The van der Waals surface area contributed by atoms with Crippen LogP contribution >= 0.6 is 0 Å². The molecule has 1 aromatic carbocycles. The predicted molar refractivity (Wildman–Crippen MR) is 73.0 cm³/mol. The molecular formula is C15H24N2. The second-order valence-corrected chi connectivity index (χ2v) is 5.90. The van der Waals surface area contributed by atoms with Crippen molar-refractivity contribution in [3.63, 3.8) is 0 Å². The van der Waals surface area contributed by atoms with E-state index in [1.165, 1.54) is 16.7 Å². The molecular weight excluding hydrogens is 208 g/mol. The fourth-order valence-electron chi connectivity index (χ4n) is 2.63. The van der Waals surface area contributed by atoms with E-state index in [0.29, 0.717) is 6.04 Å². The van der Waals surface area contributed by atoms with E-state index in [9.17, 15) is 0 Å². The largest absolute Gasteiger partial charge is 0.326 e. The molecule has 1 aliphatic heterocycles. The molecule has 17 heavy (non-hydrogen) atoms. The minimum Gasteiger partial charge on any atom is -0.326 e. The van der Waals surface area contributed by atoms with Gasteiger partial charge in [-0.15, -0.1) is 0 Å². The highest BCUT2D eigenvalue weighted by Crippen LogP contribution is 2.29. The second-order valence-electron chi connectivity index (χ2n) is 5.90. The molecule has 0 spiro atoms.